The third-order valence-electron chi connectivity index (χ3n) is 4.04. The first kappa shape index (κ1) is 17.1. The summed E-state index contributed by atoms with van der Waals surface area (Å²) in [5.41, 5.74) is 0.359. The van der Waals surface area contributed by atoms with Crippen molar-refractivity contribution in [2.45, 2.75) is 46.1 Å². The van der Waals surface area contributed by atoms with Gasteiger partial charge in [-0.3, -0.25) is 4.99 Å². The minimum absolute atomic E-state index is 0.359. The molecule has 4 nitrogen and oxygen atoms in total. The third kappa shape index (κ3) is 5.52. The molecule has 2 rings (SSSR count). The lowest BCUT2D eigenvalue weighted by molar-refractivity contribution is 0.376. The first-order valence-corrected chi connectivity index (χ1v) is 9.11. The molecule has 1 aromatic rings. The van der Waals surface area contributed by atoms with Crippen LogP contribution in [0.4, 0.5) is 5.00 Å². The fourth-order valence-corrected chi connectivity index (χ4v) is 3.42. The molecule has 1 aliphatic rings. The fraction of sp³-hybridized carbons (Fsp3) is 0.706. The Morgan fingerprint density at radius 3 is 2.64 bits per heavy atom. The minimum Gasteiger partial charge on any atom is -0.363 e. The number of nitrogens with one attached hydrogen (secondary N) is 2. The van der Waals surface area contributed by atoms with Gasteiger partial charge in [-0.2, -0.15) is 0 Å². The minimum atomic E-state index is 0.359. The number of guanidine groups is 1. The lowest BCUT2D eigenvalue weighted by Gasteiger charge is -2.33. The van der Waals surface area contributed by atoms with Gasteiger partial charge in [0.15, 0.2) is 5.96 Å². The maximum atomic E-state index is 4.35. The topological polar surface area (TPSA) is 39.7 Å². The van der Waals surface area contributed by atoms with Gasteiger partial charge in [-0.15, -0.1) is 11.3 Å². The molecule has 0 spiro atoms. The number of thiophene rings is 1. The van der Waals surface area contributed by atoms with Crippen LogP contribution < -0.4 is 15.5 Å². The highest BCUT2D eigenvalue weighted by atomic mass is 32.1. The van der Waals surface area contributed by atoms with Crippen molar-refractivity contribution in [3.63, 3.8) is 0 Å². The summed E-state index contributed by atoms with van der Waals surface area (Å²) in [4.78, 5) is 6.84. The van der Waals surface area contributed by atoms with Gasteiger partial charge in [-0.1, -0.05) is 20.8 Å². The number of nitrogens with zero attached hydrogens (tertiary/aromatic N) is 2. The van der Waals surface area contributed by atoms with Gasteiger partial charge in [-0.05, 0) is 42.2 Å². The van der Waals surface area contributed by atoms with Gasteiger partial charge in [-0.25, -0.2) is 0 Å². The Morgan fingerprint density at radius 2 is 2.09 bits per heavy atom. The Kier molecular flexibility index (Phi) is 6.12. The molecular formula is C17H30N4S. The van der Waals surface area contributed by atoms with E-state index in [9.17, 15) is 0 Å². The third-order valence-corrected chi connectivity index (χ3v) is 4.97. The Bertz CT molecular complexity index is 454. The van der Waals surface area contributed by atoms with E-state index in [1.807, 2.05) is 18.4 Å². The van der Waals surface area contributed by atoms with Crippen LogP contribution in [0, 0.1) is 5.41 Å². The molecule has 5 heteroatoms. The number of hydrogen-bond acceptors (Lipinski definition) is 3. The Hall–Kier alpha value is -1.23. The summed E-state index contributed by atoms with van der Waals surface area (Å²) in [5.74, 6) is 0.943. The second-order valence-corrected chi connectivity index (χ2v) is 8.09. The molecule has 2 heterocycles. The normalized spacial score (nSPS) is 17.6. The smallest absolute Gasteiger partial charge is 0.191 e. The lowest BCUT2D eigenvalue weighted by Crippen LogP contribution is -2.49. The summed E-state index contributed by atoms with van der Waals surface area (Å²) in [7, 11) is 1.85. The molecule has 0 atom stereocenters. The number of rotatable bonds is 4. The quantitative estimate of drug-likeness (QED) is 0.660. The predicted octanol–water partition coefficient (Wildman–Crippen LogP) is 3.32. The van der Waals surface area contributed by atoms with Crippen LogP contribution in [0.25, 0.3) is 0 Å². The maximum Gasteiger partial charge on any atom is 0.191 e. The Morgan fingerprint density at radius 1 is 1.36 bits per heavy atom. The highest BCUT2D eigenvalue weighted by Gasteiger charge is 2.20. The summed E-state index contributed by atoms with van der Waals surface area (Å²) in [5, 5.41) is 10.6. The summed E-state index contributed by atoms with van der Waals surface area (Å²) in [6, 6.07) is 4.87. The van der Waals surface area contributed by atoms with Crippen LogP contribution in [-0.2, 0) is 0 Å². The van der Waals surface area contributed by atoms with E-state index in [0.717, 1.165) is 44.9 Å². The summed E-state index contributed by atoms with van der Waals surface area (Å²) < 4.78 is 0. The van der Waals surface area contributed by atoms with Gasteiger partial charge >= 0.3 is 0 Å². The molecule has 0 amide bonds. The van der Waals surface area contributed by atoms with E-state index >= 15 is 0 Å². The zero-order chi connectivity index (χ0) is 16.0. The van der Waals surface area contributed by atoms with Crippen molar-refractivity contribution in [1.82, 2.24) is 10.6 Å². The van der Waals surface area contributed by atoms with Crippen LogP contribution in [0.1, 0.15) is 40.0 Å². The first-order chi connectivity index (χ1) is 10.5. The van der Waals surface area contributed by atoms with Gasteiger partial charge in [0, 0.05) is 32.7 Å². The van der Waals surface area contributed by atoms with Crippen LogP contribution >= 0.6 is 11.3 Å². The average Bonchev–Trinajstić information content (AvgIpc) is 3.00. The van der Waals surface area contributed by atoms with Crippen LogP contribution in [0.5, 0.6) is 0 Å². The molecule has 1 aromatic heterocycles. The van der Waals surface area contributed by atoms with E-state index in [1.54, 1.807) is 0 Å². The maximum absolute atomic E-state index is 4.35. The Labute approximate surface area is 139 Å². The van der Waals surface area contributed by atoms with Crippen molar-refractivity contribution in [2.24, 2.45) is 10.4 Å². The molecule has 2 N–H and O–H groups in total. The molecular weight excluding hydrogens is 292 g/mol. The lowest BCUT2D eigenvalue weighted by atomic mass is 9.92. The summed E-state index contributed by atoms with van der Waals surface area (Å²) in [6.45, 7) is 10.0. The van der Waals surface area contributed by atoms with Crippen LogP contribution in [0.15, 0.2) is 22.5 Å². The zero-order valence-corrected chi connectivity index (χ0v) is 15.2. The molecule has 1 fully saturated rings. The molecule has 22 heavy (non-hydrogen) atoms. The van der Waals surface area contributed by atoms with Gasteiger partial charge < -0.3 is 15.5 Å². The number of hydrogen-bond donors (Lipinski definition) is 2. The van der Waals surface area contributed by atoms with Crippen molar-refractivity contribution in [1.29, 1.82) is 0 Å². The molecule has 0 unspecified atom stereocenters. The second kappa shape index (κ2) is 7.86. The summed E-state index contributed by atoms with van der Waals surface area (Å²) >= 11 is 1.83. The van der Waals surface area contributed by atoms with Crippen LogP contribution in [0.3, 0.4) is 0 Å². The fourth-order valence-electron chi connectivity index (χ4n) is 2.64. The van der Waals surface area contributed by atoms with Crippen molar-refractivity contribution in [3.05, 3.63) is 17.5 Å². The van der Waals surface area contributed by atoms with E-state index in [-0.39, 0.29) is 0 Å². The molecule has 124 valence electrons. The molecule has 0 radical (unpaired) electrons. The summed E-state index contributed by atoms with van der Waals surface area (Å²) in [6.07, 6.45) is 3.47. The average molecular weight is 323 g/mol. The monoisotopic (exact) mass is 322 g/mol. The van der Waals surface area contributed by atoms with Crippen molar-refractivity contribution in [3.8, 4) is 0 Å². The highest BCUT2D eigenvalue weighted by Crippen LogP contribution is 2.24. The van der Waals surface area contributed by atoms with Crippen LogP contribution in [0.2, 0.25) is 0 Å². The largest absolute Gasteiger partial charge is 0.363 e. The molecule has 0 aliphatic carbocycles. The molecule has 0 aromatic carbocycles. The second-order valence-electron chi connectivity index (χ2n) is 7.17. The van der Waals surface area contributed by atoms with Gasteiger partial charge in [0.2, 0.25) is 0 Å². The molecule has 1 saturated heterocycles. The van der Waals surface area contributed by atoms with Gasteiger partial charge in [0.25, 0.3) is 0 Å². The van der Waals surface area contributed by atoms with Crippen molar-refractivity contribution in [2.75, 3.05) is 31.6 Å². The number of aliphatic imine (C=N–C) groups is 1. The zero-order valence-electron chi connectivity index (χ0n) is 14.4. The van der Waals surface area contributed by atoms with Crippen molar-refractivity contribution >= 4 is 22.3 Å². The van der Waals surface area contributed by atoms with E-state index in [1.165, 1.54) is 5.00 Å². The molecule has 1 aliphatic heterocycles. The van der Waals surface area contributed by atoms with E-state index in [0.29, 0.717) is 11.5 Å². The molecule has 0 bridgehead atoms. The van der Waals surface area contributed by atoms with Gasteiger partial charge in [0.1, 0.15) is 0 Å². The van der Waals surface area contributed by atoms with Crippen LogP contribution in [-0.4, -0.2) is 38.7 Å². The van der Waals surface area contributed by atoms with E-state index in [4.69, 9.17) is 0 Å². The van der Waals surface area contributed by atoms with E-state index < -0.39 is 0 Å². The molecule has 0 saturated carbocycles. The highest BCUT2D eigenvalue weighted by molar-refractivity contribution is 7.14. The van der Waals surface area contributed by atoms with Gasteiger partial charge in [0.05, 0.1) is 5.00 Å². The Balaban J connectivity index is 1.72. The number of anilines is 1. The number of piperidine rings is 1. The first-order valence-electron chi connectivity index (χ1n) is 8.23. The standard InChI is InChI=1S/C17H30N4S/c1-17(2,3)9-10-19-16(18-4)20-14-7-11-21(12-8-14)15-6-5-13-22-15/h5-6,13-14H,7-12H2,1-4H3,(H2,18,19,20). The van der Waals surface area contributed by atoms with E-state index in [2.05, 4.69) is 58.8 Å². The van der Waals surface area contributed by atoms with Crippen molar-refractivity contribution < 1.29 is 0 Å². The SMILES string of the molecule is CN=C(NCCC(C)(C)C)NC1CCN(c2cccs2)CC1. The predicted molar refractivity (Wildman–Crippen MR) is 98.1 cm³/mol.